The third kappa shape index (κ3) is 5.81. The lowest BCUT2D eigenvalue weighted by Gasteiger charge is -2.10. The van der Waals surface area contributed by atoms with Crippen LogP contribution in [0, 0.1) is 5.92 Å². The number of hydrogen-bond acceptors (Lipinski definition) is 2. The minimum atomic E-state index is -0.0616. The molecular weight excluding hydrogens is 264 g/mol. The van der Waals surface area contributed by atoms with Crippen LogP contribution in [0.3, 0.4) is 0 Å². The summed E-state index contributed by atoms with van der Waals surface area (Å²) in [6.45, 7) is 7.94. The fraction of sp³-hybridized carbons (Fsp3) is 0.412. The molecule has 4 heteroatoms. The van der Waals surface area contributed by atoms with Gasteiger partial charge in [-0.15, -0.1) is 0 Å². The van der Waals surface area contributed by atoms with Crippen molar-refractivity contribution in [3.05, 3.63) is 41.5 Å². The number of rotatable bonds is 6. The van der Waals surface area contributed by atoms with Gasteiger partial charge in [-0.05, 0) is 31.0 Å². The summed E-state index contributed by atoms with van der Waals surface area (Å²) in [4.78, 5) is 23.5. The molecule has 0 aliphatic carbocycles. The second-order valence-electron chi connectivity index (χ2n) is 5.32. The van der Waals surface area contributed by atoms with Crippen LogP contribution in [0.15, 0.2) is 35.9 Å². The maximum atomic E-state index is 11.8. The molecule has 0 saturated heterocycles. The number of carbonyl (C=O) groups excluding carboxylic acids is 2. The number of hydrogen-bond donors (Lipinski definition) is 2. The van der Waals surface area contributed by atoms with Crippen LogP contribution < -0.4 is 10.6 Å². The molecule has 0 saturated carbocycles. The first-order chi connectivity index (χ1) is 9.93. The molecule has 0 spiro atoms. The number of amides is 2. The molecule has 1 aromatic rings. The van der Waals surface area contributed by atoms with Crippen LogP contribution in [0.25, 0.3) is 0 Å². The van der Waals surface area contributed by atoms with E-state index in [-0.39, 0.29) is 17.7 Å². The lowest BCUT2D eigenvalue weighted by molar-refractivity contribution is -0.119. The van der Waals surface area contributed by atoms with Crippen LogP contribution in [0.1, 0.15) is 39.7 Å². The van der Waals surface area contributed by atoms with E-state index in [0.29, 0.717) is 6.54 Å². The average Bonchev–Trinajstić information content (AvgIpc) is 2.45. The zero-order valence-corrected chi connectivity index (χ0v) is 13.2. The van der Waals surface area contributed by atoms with Gasteiger partial charge in [-0.3, -0.25) is 9.59 Å². The predicted molar refractivity (Wildman–Crippen MR) is 85.8 cm³/mol. The lowest BCUT2D eigenvalue weighted by atomic mass is 10.1. The highest BCUT2D eigenvalue weighted by Crippen LogP contribution is 2.12. The number of nitrogens with one attached hydrogen (secondary N) is 2. The summed E-state index contributed by atoms with van der Waals surface area (Å²) >= 11 is 0. The first kappa shape index (κ1) is 17.0. The average molecular weight is 288 g/mol. The van der Waals surface area contributed by atoms with E-state index in [1.807, 2.05) is 51.1 Å². The minimum absolute atomic E-state index is 0.0158. The number of carbonyl (C=O) groups is 2. The first-order valence-corrected chi connectivity index (χ1v) is 7.28. The molecule has 2 N–H and O–H groups in total. The van der Waals surface area contributed by atoms with Gasteiger partial charge in [0.25, 0.3) is 0 Å². The highest BCUT2D eigenvalue weighted by atomic mass is 16.2. The maximum absolute atomic E-state index is 11.8. The van der Waals surface area contributed by atoms with Crippen LogP contribution in [0.4, 0.5) is 5.69 Å². The van der Waals surface area contributed by atoms with Crippen LogP contribution in [0.2, 0.25) is 0 Å². The molecule has 0 heterocycles. The lowest BCUT2D eigenvalue weighted by Crippen LogP contribution is -2.23. The van der Waals surface area contributed by atoms with Crippen molar-refractivity contribution in [2.24, 2.45) is 5.92 Å². The van der Waals surface area contributed by atoms with E-state index >= 15 is 0 Å². The Morgan fingerprint density at radius 2 is 2.00 bits per heavy atom. The Morgan fingerprint density at radius 1 is 1.29 bits per heavy atom. The van der Waals surface area contributed by atoms with Crippen LogP contribution >= 0.6 is 0 Å². The van der Waals surface area contributed by atoms with Crippen molar-refractivity contribution in [1.82, 2.24) is 5.32 Å². The first-order valence-electron chi connectivity index (χ1n) is 7.28. The van der Waals surface area contributed by atoms with E-state index in [1.54, 1.807) is 6.92 Å². The summed E-state index contributed by atoms with van der Waals surface area (Å²) in [5.74, 6) is -0.137. The van der Waals surface area contributed by atoms with Gasteiger partial charge in [-0.1, -0.05) is 39.0 Å². The predicted octanol–water partition coefficient (Wildman–Crippen LogP) is 3.25. The Labute approximate surface area is 126 Å². The van der Waals surface area contributed by atoms with Crippen LogP contribution in [0.5, 0.6) is 0 Å². The Balaban J connectivity index is 2.63. The van der Waals surface area contributed by atoms with Gasteiger partial charge in [0.1, 0.15) is 0 Å². The second kappa shape index (κ2) is 8.25. The van der Waals surface area contributed by atoms with Crippen molar-refractivity contribution >= 4 is 17.5 Å². The molecule has 0 fully saturated rings. The maximum Gasteiger partial charge on any atom is 0.246 e. The standard InChI is InChI=1S/C17H24N2O2/c1-5-7-13(4)17(21)18-11-14-8-6-9-15(10-14)19-16(20)12(2)3/h6-10,12H,5,11H2,1-4H3,(H,18,21)(H,19,20)/b13-7-. The van der Waals surface area contributed by atoms with E-state index in [9.17, 15) is 9.59 Å². The molecular formula is C17H24N2O2. The minimum Gasteiger partial charge on any atom is -0.348 e. The van der Waals surface area contributed by atoms with Gasteiger partial charge in [0.15, 0.2) is 0 Å². The van der Waals surface area contributed by atoms with E-state index < -0.39 is 0 Å². The number of allylic oxidation sites excluding steroid dienone is 1. The molecule has 0 aliphatic rings. The third-order valence-electron chi connectivity index (χ3n) is 3.04. The Kier molecular flexibility index (Phi) is 6.66. The van der Waals surface area contributed by atoms with E-state index in [2.05, 4.69) is 10.6 Å². The summed E-state index contributed by atoms with van der Waals surface area (Å²) in [6, 6.07) is 7.50. The van der Waals surface area contributed by atoms with Gasteiger partial charge in [0, 0.05) is 23.7 Å². The van der Waals surface area contributed by atoms with Crippen molar-refractivity contribution in [3.8, 4) is 0 Å². The molecule has 0 aliphatic heterocycles. The van der Waals surface area contributed by atoms with Crippen LogP contribution in [-0.4, -0.2) is 11.8 Å². The quantitative estimate of drug-likeness (QED) is 0.789. The molecule has 0 aromatic heterocycles. The van der Waals surface area contributed by atoms with Crippen molar-refractivity contribution in [3.63, 3.8) is 0 Å². The fourth-order valence-corrected chi connectivity index (χ4v) is 1.77. The highest BCUT2D eigenvalue weighted by molar-refractivity contribution is 5.93. The monoisotopic (exact) mass is 288 g/mol. The summed E-state index contributed by atoms with van der Waals surface area (Å²) in [7, 11) is 0. The number of anilines is 1. The van der Waals surface area contributed by atoms with E-state index in [0.717, 1.165) is 23.2 Å². The van der Waals surface area contributed by atoms with E-state index in [1.165, 1.54) is 0 Å². The van der Waals surface area contributed by atoms with Gasteiger partial charge < -0.3 is 10.6 Å². The van der Waals surface area contributed by atoms with Gasteiger partial charge in [0.2, 0.25) is 11.8 Å². The van der Waals surface area contributed by atoms with Crippen LogP contribution in [-0.2, 0) is 16.1 Å². The smallest absolute Gasteiger partial charge is 0.246 e. The van der Waals surface area contributed by atoms with E-state index in [4.69, 9.17) is 0 Å². The van der Waals surface area contributed by atoms with Crippen molar-refractivity contribution in [2.45, 2.75) is 40.7 Å². The summed E-state index contributed by atoms with van der Waals surface area (Å²) in [6.07, 6.45) is 2.74. The molecule has 114 valence electrons. The topological polar surface area (TPSA) is 58.2 Å². The largest absolute Gasteiger partial charge is 0.348 e. The van der Waals surface area contributed by atoms with Gasteiger partial charge in [-0.2, -0.15) is 0 Å². The molecule has 2 amide bonds. The SMILES string of the molecule is CC/C=C(/C)C(=O)NCc1cccc(NC(=O)C(C)C)c1. The Bertz CT molecular complexity index is 533. The molecule has 21 heavy (non-hydrogen) atoms. The summed E-state index contributed by atoms with van der Waals surface area (Å²) in [5, 5.41) is 5.72. The zero-order valence-electron chi connectivity index (χ0n) is 13.2. The normalized spacial score (nSPS) is 11.4. The van der Waals surface area contributed by atoms with Crippen molar-refractivity contribution in [2.75, 3.05) is 5.32 Å². The summed E-state index contributed by atoms with van der Waals surface area (Å²) < 4.78 is 0. The number of benzene rings is 1. The molecule has 0 unspecified atom stereocenters. The van der Waals surface area contributed by atoms with Gasteiger partial charge in [0.05, 0.1) is 0 Å². The highest BCUT2D eigenvalue weighted by Gasteiger charge is 2.08. The molecule has 1 aromatic carbocycles. The molecule has 1 rings (SSSR count). The fourth-order valence-electron chi connectivity index (χ4n) is 1.77. The van der Waals surface area contributed by atoms with Crippen molar-refractivity contribution < 1.29 is 9.59 Å². The molecule has 0 atom stereocenters. The summed E-state index contributed by atoms with van der Waals surface area (Å²) in [5.41, 5.74) is 2.43. The molecule has 4 nitrogen and oxygen atoms in total. The Hall–Kier alpha value is -2.10. The van der Waals surface area contributed by atoms with Gasteiger partial charge >= 0.3 is 0 Å². The molecule has 0 radical (unpaired) electrons. The third-order valence-corrected chi connectivity index (χ3v) is 3.04. The van der Waals surface area contributed by atoms with Gasteiger partial charge in [-0.25, -0.2) is 0 Å². The Morgan fingerprint density at radius 3 is 2.62 bits per heavy atom. The van der Waals surface area contributed by atoms with Crippen molar-refractivity contribution in [1.29, 1.82) is 0 Å². The molecule has 0 bridgehead atoms. The second-order valence-corrected chi connectivity index (χ2v) is 5.32. The zero-order chi connectivity index (χ0) is 15.8.